The smallest absolute Gasteiger partial charge is 0.0890 e. The van der Waals surface area contributed by atoms with Gasteiger partial charge >= 0.3 is 0 Å². The van der Waals surface area contributed by atoms with Crippen LogP contribution in [0.1, 0.15) is 17.3 Å². The van der Waals surface area contributed by atoms with E-state index in [2.05, 4.69) is 33.5 Å². The number of nitrogens with zero attached hydrogens (tertiary/aromatic N) is 2. The molecule has 0 aliphatic carbocycles. The Bertz CT molecular complexity index is 929. The van der Waals surface area contributed by atoms with Gasteiger partial charge in [-0.15, -0.1) is 11.3 Å². The van der Waals surface area contributed by atoms with Crippen LogP contribution in [-0.4, -0.2) is 9.97 Å². The summed E-state index contributed by atoms with van der Waals surface area (Å²) in [6, 6.07) is 15.9. The molecule has 4 heteroatoms. The van der Waals surface area contributed by atoms with Crippen molar-refractivity contribution in [2.75, 3.05) is 0 Å². The van der Waals surface area contributed by atoms with Crippen LogP contribution in [0.2, 0.25) is 0 Å². The van der Waals surface area contributed by atoms with Gasteiger partial charge in [-0.2, -0.15) is 0 Å². The molecule has 1 unspecified atom stereocenters. The first-order valence-corrected chi connectivity index (χ1v) is 7.64. The summed E-state index contributed by atoms with van der Waals surface area (Å²) in [6.07, 6.45) is 1.78. The predicted octanol–water partition coefficient (Wildman–Crippen LogP) is 3.89. The van der Waals surface area contributed by atoms with Gasteiger partial charge in [0, 0.05) is 4.70 Å². The summed E-state index contributed by atoms with van der Waals surface area (Å²) in [7, 11) is 0. The summed E-state index contributed by atoms with van der Waals surface area (Å²) < 4.78 is 1.22. The van der Waals surface area contributed by atoms with Crippen molar-refractivity contribution in [2.24, 2.45) is 5.73 Å². The molecule has 0 radical (unpaired) electrons. The van der Waals surface area contributed by atoms with E-state index in [0.29, 0.717) is 0 Å². The second-order valence-electron chi connectivity index (χ2n) is 4.95. The molecule has 2 N–H and O–H groups in total. The lowest BCUT2D eigenvalue weighted by atomic mass is 10.0. The zero-order chi connectivity index (χ0) is 14.2. The number of fused-ring (bicyclic) bond motifs is 2. The Morgan fingerprint density at radius 3 is 2.71 bits per heavy atom. The maximum absolute atomic E-state index is 6.44. The highest BCUT2D eigenvalue weighted by Gasteiger charge is 2.15. The Morgan fingerprint density at radius 1 is 0.952 bits per heavy atom. The fraction of sp³-hybridized carbons (Fsp3) is 0.0588. The molecule has 0 aliphatic rings. The van der Waals surface area contributed by atoms with Crippen LogP contribution in [0.3, 0.4) is 0 Å². The largest absolute Gasteiger partial charge is 0.319 e. The Morgan fingerprint density at radius 2 is 1.81 bits per heavy atom. The highest BCUT2D eigenvalue weighted by atomic mass is 32.1. The number of hydrogen-bond donors (Lipinski definition) is 1. The average Bonchev–Trinajstić information content (AvgIpc) is 3.02. The van der Waals surface area contributed by atoms with Gasteiger partial charge in [0.2, 0.25) is 0 Å². The summed E-state index contributed by atoms with van der Waals surface area (Å²) in [5.41, 5.74) is 10.1. The van der Waals surface area contributed by atoms with Crippen molar-refractivity contribution in [2.45, 2.75) is 6.04 Å². The lowest BCUT2D eigenvalue weighted by Gasteiger charge is -2.13. The van der Waals surface area contributed by atoms with E-state index in [-0.39, 0.29) is 6.04 Å². The number of aromatic nitrogens is 2. The van der Waals surface area contributed by atoms with Gasteiger partial charge in [-0.3, -0.25) is 4.98 Å². The van der Waals surface area contributed by atoms with Crippen molar-refractivity contribution in [1.29, 1.82) is 0 Å². The van der Waals surface area contributed by atoms with Gasteiger partial charge in [0.15, 0.2) is 0 Å². The normalized spacial score (nSPS) is 12.8. The second-order valence-corrected chi connectivity index (χ2v) is 5.86. The van der Waals surface area contributed by atoms with Crippen molar-refractivity contribution in [1.82, 2.24) is 9.97 Å². The van der Waals surface area contributed by atoms with E-state index in [1.54, 1.807) is 17.5 Å². The number of para-hydroxylation sites is 2. The summed E-state index contributed by atoms with van der Waals surface area (Å²) in [5.74, 6) is 0. The molecule has 21 heavy (non-hydrogen) atoms. The molecule has 0 amide bonds. The van der Waals surface area contributed by atoms with E-state index in [4.69, 9.17) is 5.73 Å². The van der Waals surface area contributed by atoms with Gasteiger partial charge in [0.25, 0.3) is 0 Å². The summed E-state index contributed by atoms with van der Waals surface area (Å²) in [4.78, 5) is 9.12. The summed E-state index contributed by atoms with van der Waals surface area (Å²) >= 11 is 1.71. The highest BCUT2D eigenvalue weighted by Crippen LogP contribution is 2.30. The van der Waals surface area contributed by atoms with Gasteiger partial charge in [-0.25, -0.2) is 4.98 Å². The van der Waals surface area contributed by atoms with Crippen molar-refractivity contribution in [3.05, 3.63) is 71.4 Å². The Balaban J connectivity index is 1.85. The van der Waals surface area contributed by atoms with E-state index < -0.39 is 0 Å². The molecule has 3 nitrogen and oxygen atoms in total. The van der Waals surface area contributed by atoms with Crippen LogP contribution >= 0.6 is 11.3 Å². The molecular weight excluding hydrogens is 278 g/mol. The molecule has 0 saturated heterocycles. The van der Waals surface area contributed by atoms with E-state index in [0.717, 1.165) is 22.3 Å². The highest BCUT2D eigenvalue weighted by molar-refractivity contribution is 7.17. The molecular formula is C17H13N3S. The van der Waals surface area contributed by atoms with E-state index in [1.165, 1.54) is 10.1 Å². The minimum Gasteiger partial charge on any atom is -0.319 e. The zero-order valence-electron chi connectivity index (χ0n) is 11.2. The molecule has 2 heterocycles. The van der Waals surface area contributed by atoms with Gasteiger partial charge in [0.1, 0.15) is 0 Å². The number of rotatable bonds is 2. The predicted molar refractivity (Wildman–Crippen MR) is 87.4 cm³/mol. The zero-order valence-corrected chi connectivity index (χ0v) is 12.0. The third-order valence-electron chi connectivity index (χ3n) is 3.63. The fourth-order valence-electron chi connectivity index (χ4n) is 2.54. The van der Waals surface area contributed by atoms with Crippen molar-refractivity contribution in [3.8, 4) is 0 Å². The number of benzene rings is 2. The molecule has 102 valence electrons. The maximum atomic E-state index is 6.44. The van der Waals surface area contributed by atoms with Gasteiger partial charge in [-0.1, -0.05) is 30.3 Å². The summed E-state index contributed by atoms with van der Waals surface area (Å²) in [6.45, 7) is 0. The third-order valence-corrected chi connectivity index (χ3v) is 4.61. The molecule has 0 fully saturated rings. The minimum absolute atomic E-state index is 0.260. The molecule has 0 saturated carbocycles. The molecule has 0 aliphatic heterocycles. The van der Waals surface area contributed by atoms with Gasteiger partial charge in [-0.05, 0) is 34.5 Å². The molecule has 2 aromatic carbocycles. The first kappa shape index (κ1) is 12.4. The standard InChI is InChI=1S/C17H13N3S/c18-16(12-5-3-4-11-8-9-21-17(11)12)15-10-19-13-6-1-2-7-14(13)20-15/h1-10,16H,18H2. The van der Waals surface area contributed by atoms with Crippen LogP contribution < -0.4 is 5.73 Å². The molecule has 4 rings (SSSR count). The minimum atomic E-state index is -0.260. The van der Waals surface area contributed by atoms with Crippen LogP contribution in [0, 0.1) is 0 Å². The van der Waals surface area contributed by atoms with Crippen molar-refractivity contribution in [3.63, 3.8) is 0 Å². The third kappa shape index (κ3) is 2.09. The number of thiophene rings is 1. The van der Waals surface area contributed by atoms with Crippen LogP contribution in [0.15, 0.2) is 60.1 Å². The second kappa shape index (κ2) is 4.91. The SMILES string of the molecule is NC(c1cnc2ccccc2n1)c1cccc2ccsc12. The lowest BCUT2D eigenvalue weighted by molar-refractivity contribution is 0.837. The molecule has 1 atom stereocenters. The molecule has 2 aromatic heterocycles. The monoisotopic (exact) mass is 291 g/mol. The van der Waals surface area contributed by atoms with Crippen LogP contribution in [0.4, 0.5) is 0 Å². The Hall–Kier alpha value is -2.30. The number of hydrogen-bond acceptors (Lipinski definition) is 4. The van der Waals surface area contributed by atoms with Crippen LogP contribution in [0.25, 0.3) is 21.1 Å². The van der Waals surface area contributed by atoms with Crippen molar-refractivity contribution >= 4 is 32.5 Å². The van der Waals surface area contributed by atoms with E-state index in [9.17, 15) is 0 Å². The average molecular weight is 291 g/mol. The first-order valence-electron chi connectivity index (χ1n) is 6.76. The molecule has 0 bridgehead atoms. The molecule has 0 spiro atoms. The maximum Gasteiger partial charge on any atom is 0.0890 e. The van der Waals surface area contributed by atoms with E-state index >= 15 is 0 Å². The topological polar surface area (TPSA) is 51.8 Å². The summed E-state index contributed by atoms with van der Waals surface area (Å²) in [5, 5.41) is 3.31. The van der Waals surface area contributed by atoms with Gasteiger partial charge in [0.05, 0.1) is 29.0 Å². The van der Waals surface area contributed by atoms with E-state index in [1.807, 2.05) is 30.3 Å². The van der Waals surface area contributed by atoms with Crippen LogP contribution in [-0.2, 0) is 0 Å². The Labute approximate surface area is 126 Å². The Kier molecular flexibility index (Phi) is 2.91. The van der Waals surface area contributed by atoms with Crippen LogP contribution in [0.5, 0.6) is 0 Å². The van der Waals surface area contributed by atoms with Gasteiger partial charge < -0.3 is 5.73 Å². The quantitative estimate of drug-likeness (QED) is 0.609. The fourth-order valence-corrected chi connectivity index (χ4v) is 3.50. The number of nitrogens with two attached hydrogens (primary N) is 1. The molecule has 4 aromatic rings. The van der Waals surface area contributed by atoms with Crippen molar-refractivity contribution < 1.29 is 0 Å². The first-order chi connectivity index (χ1) is 10.3. The lowest BCUT2D eigenvalue weighted by Crippen LogP contribution is -2.14.